The second-order valence-corrected chi connectivity index (χ2v) is 5.06. The molecule has 0 bridgehead atoms. The molecule has 0 radical (unpaired) electrons. The molecule has 2 aromatic heterocycles. The summed E-state index contributed by atoms with van der Waals surface area (Å²) in [6.07, 6.45) is -1.98. The molecule has 0 aliphatic carbocycles. The van der Waals surface area contributed by atoms with Crippen molar-refractivity contribution in [2.75, 3.05) is 0 Å². The highest BCUT2D eigenvalue weighted by atomic mass is 19.4. The van der Waals surface area contributed by atoms with Crippen LogP contribution < -0.4 is 11.5 Å². The Morgan fingerprint density at radius 2 is 1.91 bits per heavy atom. The minimum Gasteiger partial charge on any atom is -0.387 e. The molecule has 1 unspecified atom stereocenters. The van der Waals surface area contributed by atoms with Gasteiger partial charge in [-0.25, -0.2) is 9.98 Å². The summed E-state index contributed by atoms with van der Waals surface area (Å²) in [7, 11) is 0. The second-order valence-electron chi connectivity index (χ2n) is 5.06. The van der Waals surface area contributed by atoms with Crippen LogP contribution in [0.5, 0.6) is 0 Å². The molecule has 8 heteroatoms. The van der Waals surface area contributed by atoms with Crippen LogP contribution in [0.1, 0.15) is 23.2 Å². The molecule has 2 aromatic rings. The van der Waals surface area contributed by atoms with Crippen LogP contribution in [0.3, 0.4) is 0 Å². The standard InChI is InChI=1S/C14H12F3N5/c15-14(16,17)8-3-4-10(21-7-8)13(19)6-11(18)22-12-9(13)2-1-5-20-12/h1-5,7H,6,19H2,(H2,18,20,22). The zero-order valence-corrected chi connectivity index (χ0v) is 11.3. The van der Waals surface area contributed by atoms with E-state index in [2.05, 4.69) is 15.0 Å². The van der Waals surface area contributed by atoms with Crippen LogP contribution in [0.2, 0.25) is 0 Å². The molecule has 3 rings (SSSR count). The summed E-state index contributed by atoms with van der Waals surface area (Å²) in [6.45, 7) is 0. The summed E-state index contributed by atoms with van der Waals surface area (Å²) in [6, 6.07) is 5.62. The van der Waals surface area contributed by atoms with E-state index in [1.165, 1.54) is 6.07 Å². The molecule has 0 saturated heterocycles. The summed E-state index contributed by atoms with van der Waals surface area (Å²) in [5.41, 5.74) is 11.1. The van der Waals surface area contributed by atoms with Crippen molar-refractivity contribution in [3.63, 3.8) is 0 Å². The fourth-order valence-electron chi connectivity index (χ4n) is 2.44. The molecule has 0 aromatic carbocycles. The van der Waals surface area contributed by atoms with Gasteiger partial charge in [0, 0.05) is 24.4 Å². The lowest BCUT2D eigenvalue weighted by molar-refractivity contribution is -0.137. The van der Waals surface area contributed by atoms with Gasteiger partial charge in [-0.3, -0.25) is 4.98 Å². The number of amidine groups is 1. The molecule has 0 fully saturated rings. The van der Waals surface area contributed by atoms with E-state index in [4.69, 9.17) is 11.5 Å². The third-order valence-electron chi connectivity index (χ3n) is 3.52. The van der Waals surface area contributed by atoms with Crippen LogP contribution in [0.25, 0.3) is 0 Å². The number of rotatable bonds is 1. The molecule has 114 valence electrons. The van der Waals surface area contributed by atoms with Crippen molar-refractivity contribution in [1.29, 1.82) is 0 Å². The van der Waals surface area contributed by atoms with Crippen LogP contribution in [0, 0.1) is 0 Å². The van der Waals surface area contributed by atoms with E-state index < -0.39 is 17.3 Å². The fourth-order valence-corrected chi connectivity index (χ4v) is 2.44. The number of nitrogens with two attached hydrogens (primary N) is 2. The number of aliphatic imine (C=N–C) groups is 1. The number of alkyl halides is 3. The molecule has 1 aliphatic rings. The maximum absolute atomic E-state index is 12.6. The lowest BCUT2D eigenvalue weighted by Gasteiger charge is -2.32. The Bertz CT molecular complexity index is 739. The number of nitrogens with zero attached hydrogens (tertiary/aromatic N) is 3. The Kier molecular flexibility index (Phi) is 3.13. The summed E-state index contributed by atoms with van der Waals surface area (Å²) in [4.78, 5) is 12.1. The topological polar surface area (TPSA) is 90.2 Å². The minimum absolute atomic E-state index is 0.157. The van der Waals surface area contributed by atoms with Gasteiger partial charge in [-0.15, -0.1) is 0 Å². The quantitative estimate of drug-likeness (QED) is 0.844. The average molecular weight is 307 g/mol. The number of pyridine rings is 2. The second kappa shape index (κ2) is 4.77. The van der Waals surface area contributed by atoms with Crippen molar-refractivity contribution < 1.29 is 13.2 Å². The summed E-state index contributed by atoms with van der Waals surface area (Å²) >= 11 is 0. The van der Waals surface area contributed by atoms with Crippen LogP contribution in [-0.2, 0) is 11.7 Å². The van der Waals surface area contributed by atoms with Gasteiger partial charge in [0.1, 0.15) is 5.84 Å². The highest BCUT2D eigenvalue weighted by Crippen LogP contribution is 2.38. The van der Waals surface area contributed by atoms with Gasteiger partial charge in [-0.1, -0.05) is 6.07 Å². The predicted octanol–water partition coefficient (Wildman–Crippen LogP) is 2.09. The maximum atomic E-state index is 12.6. The van der Waals surface area contributed by atoms with Gasteiger partial charge in [0.15, 0.2) is 5.82 Å². The van der Waals surface area contributed by atoms with Crippen molar-refractivity contribution in [2.24, 2.45) is 16.5 Å². The lowest BCUT2D eigenvalue weighted by atomic mass is 9.82. The Morgan fingerprint density at radius 1 is 1.14 bits per heavy atom. The van der Waals surface area contributed by atoms with E-state index in [0.717, 1.165) is 12.3 Å². The molecule has 22 heavy (non-hydrogen) atoms. The fraction of sp³-hybridized carbons (Fsp3) is 0.214. The zero-order chi connectivity index (χ0) is 16.0. The van der Waals surface area contributed by atoms with Crippen molar-refractivity contribution in [2.45, 2.75) is 18.1 Å². The van der Waals surface area contributed by atoms with Crippen LogP contribution in [0.4, 0.5) is 19.0 Å². The molecule has 0 amide bonds. The predicted molar refractivity (Wildman–Crippen MR) is 74.3 cm³/mol. The molecular formula is C14H12F3N5. The molecule has 4 N–H and O–H groups in total. The number of aromatic nitrogens is 2. The van der Waals surface area contributed by atoms with Crippen molar-refractivity contribution in [3.8, 4) is 0 Å². The van der Waals surface area contributed by atoms with Gasteiger partial charge in [0.05, 0.1) is 16.8 Å². The SMILES string of the molecule is NC1=Nc2ncccc2C(N)(c2ccc(C(F)(F)F)cn2)C1. The summed E-state index contributed by atoms with van der Waals surface area (Å²) in [5.74, 6) is 0.617. The highest BCUT2D eigenvalue weighted by Gasteiger charge is 2.39. The van der Waals surface area contributed by atoms with Gasteiger partial charge >= 0.3 is 6.18 Å². The largest absolute Gasteiger partial charge is 0.417 e. The molecule has 1 aliphatic heterocycles. The highest BCUT2D eigenvalue weighted by molar-refractivity contribution is 5.87. The third-order valence-corrected chi connectivity index (χ3v) is 3.52. The smallest absolute Gasteiger partial charge is 0.387 e. The van der Waals surface area contributed by atoms with E-state index in [1.54, 1.807) is 18.3 Å². The van der Waals surface area contributed by atoms with E-state index in [-0.39, 0.29) is 18.0 Å². The van der Waals surface area contributed by atoms with Crippen molar-refractivity contribution in [1.82, 2.24) is 9.97 Å². The van der Waals surface area contributed by atoms with Gasteiger partial charge in [-0.2, -0.15) is 13.2 Å². The van der Waals surface area contributed by atoms with E-state index in [1.807, 2.05) is 0 Å². The Labute approximate surface area is 123 Å². The van der Waals surface area contributed by atoms with Crippen molar-refractivity contribution >= 4 is 11.7 Å². The number of halogens is 3. The van der Waals surface area contributed by atoms with Gasteiger partial charge in [0.2, 0.25) is 0 Å². The lowest BCUT2D eigenvalue weighted by Crippen LogP contribution is -2.44. The van der Waals surface area contributed by atoms with Gasteiger partial charge < -0.3 is 11.5 Å². The first-order valence-corrected chi connectivity index (χ1v) is 6.42. The Balaban J connectivity index is 2.09. The van der Waals surface area contributed by atoms with Gasteiger partial charge in [-0.05, 0) is 18.2 Å². The Morgan fingerprint density at radius 3 is 2.55 bits per heavy atom. The van der Waals surface area contributed by atoms with Gasteiger partial charge in [0.25, 0.3) is 0 Å². The summed E-state index contributed by atoms with van der Waals surface area (Å²) in [5, 5.41) is 0. The number of hydrogen-bond acceptors (Lipinski definition) is 5. The third kappa shape index (κ3) is 2.31. The van der Waals surface area contributed by atoms with E-state index in [9.17, 15) is 13.2 Å². The van der Waals surface area contributed by atoms with E-state index in [0.29, 0.717) is 11.4 Å². The monoisotopic (exact) mass is 307 g/mol. The van der Waals surface area contributed by atoms with Crippen molar-refractivity contribution in [3.05, 3.63) is 53.5 Å². The minimum atomic E-state index is -4.44. The van der Waals surface area contributed by atoms with Crippen LogP contribution in [0.15, 0.2) is 41.7 Å². The molecule has 5 nitrogen and oxygen atoms in total. The Hall–Kier alpha value is -2.48. The number of fused-ring (bicyclic) bond motifs is 1. The molecule has 1 atom stereocenters. The van der Waals surface area contributed by atoms with Crippen LogP contribution >= 0.6 is 0 Å². The first kappa shape index (κ1) is 14.5. The maximum Gasteiger partial charge on any atom is 0.417 e. The average Bonchev–Trinajstić information content (AvgIpc) is 2.46. The first-order valence-electron chi connectivity index (χ1n) is 6.42. The number of hydrogen-bond donors (Lipinski definition) is 2. The molecular weight excluding hydrogens is 295 g/mol. The van der Waals surface area contributed by atoms with E-state index >= 15 is 0 Å². The normalized spacial score (nSPS) is 21.2. The zero-order valence-electron chi connectivity index (χ0n) is 11.3. The first-order chi connectivity index (χ1) is 10.3. The molecule has 0 spiro atoms. The van der Waals surface area contributed by atoms with Crippen LogP contribution in [-0.4, -0.2) is 15.8 Å². The molecule has 3 heterocycles. The molecule has 0 saturated carbocycles. The summed E-state index contributed by atoms with van der Waals surface area (Å²) < 4.78 is 37.9.